The van der Waals surface area contributed by atoms with Gasteiger partial charge in [0.2, 0.25) is 0 Å². The smallest absolute Gasteiger partial charge is 0.0273 e. The highest BCUT2D eigenvalue weighted by Gasteiger charge is 2.41. The van der Waals surface area contributed by atoms with E-state index in [0.717, 1.165) is 11.8 Å². The minimum atomic E-state index is 0.866. The van der Waals surface area contributed by atoms with Crippen LogP contribution in [0.1, 0.15) is 38.7 Å². The molecule has 1 fully saturated rings. The van der Waals surface area contributed by atoms with Gasteiger partial charge in [-0.2, -0.15) is 0 Å². The van der Waals surface area contributed by atoms with Crippen LogP contribution in [-0.4, -0.2) is 4.98 Å². The maximum atomic E-state index is 4.11. The lowest BCUT2D eigenvalue weighted by atomic mass is 9.82. The predicted octanol–water partition coefficient (Wildman–Crippen LogP) is 4.79. The van der Waals surface area contributed by atoms with E-state index in [-0.39, 0.29) is 0 Å². The average Bonchev–Trinajstić information content (AvgIpc) is 3.29. The van der Waals surface area contributed by atoms with Crippen LogP contribution in [0.15, 0.2) is 53.9 Å². The Hall–Kier alpha value is -1.63. The lowest BCUT2D eigenvalue weighted by Crippen LogP contribution is -2.05. The summed E-state index contributed by atoms with van der Waals surface area (Å²) in [6.45, 7) is 4.00. The summed E-state index contributed by atoms with van der Waals surface area (Å²) in [7, 11) is 0. The Labute approximate surface area is 115 Å². The summed E-state index contributed by atoms with van der Waals surface area (Å²) in [6.07, 6.45) is 14.8. The molecule has 0 aliphatic heterocycles. The molecule has 1 heterocycles. The van der Waals surface area contributed by atoms with Gasteiger partial charge in [0, 0.05) is 12.4 Å². The summed E-state index contributed by atoms with van der Waals surface area (Å²) in [6, 6.07) is 4.24. The van der Waals surface area contributed by atoms with Gasteiger partial charge in [0.05, 0.1) is 0 Å². The number of fused-ring (bicyclic) bond motifs is 2. The third kappa shape index (κ3) is 2.18. The molecule has 98 valence electrons. The highest BCUT2D eigenvalue weighted by Crippen LogP contribution is 2.53. The van der Waals surface area contributed by atoms with E-state index in [2.05, 4.69) is 35.3 Å². The molecule has 0 spiro atoms. The van der Waals surface area contributed by atoms with E-state index in [1.807, 2.05) is 26.2 Å². The first-order valence-corrected chi connectivity index (χ1v) is 7.45. The Bertz CT molecular complexity index is 548. The summed E-state index contributed by atoms with van der Waals surface area (Å²) in [5.74, 6) is 1.74. The Balaban J connectivity index is 0.000000528. The lowest BCUT2D eigenvalue weighted by Gasteiger charge is -2.22. The van der Waals surface area contributed by atoms with Crippen molar-refractivity contribution in [2.45, 2.75) is 33.1 Å². The number of hydrogen-bond donors (Lipinski definition) is 0. The zero-order valence-electron chi connectivity index (χ0n) is 11.8. The third-order valence-electron chi connectivity index (χ3n) is 4.19. The van der Waals surface area contributed by atoms with Gasteiger partial charge in [-0.3, -0.25) is 4.98 Å². The van der Waals surface area contributed by atoms with Crippen LogP contribution in [0.5, 0.6) is 0 Å². The summed E-state index contributed by atoms with van der Waals surface area (Å²) < 4.78 is 0. The normalized spacial score (nSPS) is 26.7. The first-order valence-electron chi connectivity index (χ1n) is 7.45. The molecular formula is C18H21N. The quantitative estimate of drug-likeness (QED) is 0.699. The van der Waals surface area contributed by atoms with Crippen molar-refractivity contribution in [1.29, 1.82) is 0 Å². The number of allylic oxidation sites excluding steroid dienone is 6. The van der Waals surface area contributed by atoms with Crippen LogP contribution < -0.4 is 0 Å². The minimum Gasteiger partial charge on any atom is -0.265 e. The highest BCUT2D eigenvalue weighted by molar-refractivity contribution is 5.84. The molecule has 0 N–H and O–H groups in total. The minimum absolute atomic E-state index is 0.866. The van der Waals surface area contributed by atoms with E-state index in [1.54, 1.807) is 5.57 Å². The van der Waals surface area contributed by atoms with Crippen molar-refractivity contribution in [2.24, 2.45) is 11.8 Å². The lowest BCUT2D eigenvalue weighted by molar-refractivity contribution is 0.799. The van der Waals surface area contributed by atoms with Crippen LogP contribution in [0.2, 0.25) is 0 Å². The molecule has 3 aliphatic rings. The van der Waals surface area contributed by atoms with Gasteiger partial charge in [-0.1, -0.05) is 37.6 Å². The monoisotopic (exact) mass is 251 g/mol. The molecule has 2 atom stereocenters. The molecule has 1 nitrogen and oxygen atoms in total. The van der Waals surface area contributed by atoms with Crippen molar-refractivity contribution in [3.05, 3.63) is 59.5 Å². The molecule has 1 aromatic heterocycles. The van der Waals surface area contributed by atoms with Crippen LogP contribution in [0.4, 0.5) is 0 Å². The van der Waals surface area contributed by atoms with Crippen molar-refractivity contribution >= 4 is 5.57 Å². The second-order valence-electron chi connectivity index (χ2n) is 5.20. The van der Waals surface area contributed by atoms with Crippen molar-refractivity contribution < 1.29 is 0 Å². The van der Waals surface area contributed by atoms with E-state index >= 15 is 0 Å². The van der Waals surface area contributed by atoms with Crippen molar-refractivity contribution in [3.8, 4) is 0 Å². The van der Waals surface area contributed by atoms with Gasteiger partial charge in [0.15, 0.2) is 0 Å². The molecule has 19 heavy (non-hydrogen) atoms. The van der Waals surface area contributed by atoms with E-state index in [0.29, 0.717) is 0 Å². The van der Waals surface area contributed by atoms with Gasteiger partial charge >= 0.3 is 0 Å². The molecule has 1 heteroatoms. The van der Waals surface area contributed by atoms with E-state index in [1.165, 1.54) is 36.0 Å². The zero-order chi connectivity index (χ0) is 13.2. The van der Waals surface area contributed by atoms with E-state index in [9.17, 15) is 0 Å². The van der Waals surface area contributed by atoms with Gasteiger partial charge in [0.25, 0.3) is 0 Å². The predicted molar refractivity (Wildman–Crippen MR) is 80.6 cm³/mol. The molecule has 0 bridgehead atoms. The Morgan fingerprint density at radius 1 is 1.16 bits per heavy atom. The highest BCUT2D eigenvalue weighted by atomic mass is 14.6. The number of nitrogens with zero attached hydrogens (tertiary/aromatic N) is 1. The maximum Gasteiger partial charge on any atom is 0.0273 e. The first kappa shape index (κ1) is 12.4. The first-order chi connectivity index (χ1) is 9.43. The number of pyridine rings is 1. The molecule has 0 amide bonds. The average molecular weight is 251 g/mol. The summed E-state index contributed by atoms with van der Waals surface area (Å²) in [4.78, 5) is 4.11. The molecule has 1 aromatic rings. The Morgan fingerprint density at radius 3 is 2.74 bits per heavy atom. The largest absolute Gasteiger partial charge is 0.265 e. The summed E-state index contributed by atoms with van der Waals surface area (Å²) in [5.41, 5.74) is 5.96. The molecule has 1 saturated carbocycles. The zero-order valence-corrected chi connectivity index (χ0v) is 11.8. The van der Waals surface area contributed by atoms with Crippen LogP contribution >= 0.6 is 0 Å². The Morgan fingerprint density at radius 2 is 1.95 bits per heavy atom. The molecule has 0 aromatic carbocycles. The molecular weight excluding hydrogens is 230 g/mol. The van der Waals surface area contributed by atoms with Crippen molar-refractivity contribution in [3.63, 3.8) is 0 Å². The van der Waals surface area contributed by atoms with Gasteiger partial charge in [-0.25, -0.2) is 0 Å². The van der Waals surface area contributed by atoms with Crippen LogP contribution in [-0.2, 0) is 0 Å². The molecule has 4 rings (SSSR count). The maximum absolute atomic E-state index is 4.11. The van der Waals surface area contributed by atoms with Gasteiger partial charge in [0.1, 0.15) is 0 Å². The Kier molecular flexibility index (Phi) is 3.37. The molecule has 2 unspecified atom stereocenters. The molecule has 0 saturated heterocycles. The second-order valence-corrected chi connectivity index (χ2v) is 5.20. The number of hydrogen-bond acceptors (Lipinski definition) is 1. The fourth-order valence-electron chi connectivity index (χ4n) is 3.22. The van der Waals surface area contributed by atoms with Crippen molar-refractivity contribution in [2.75, 3.05) is 0 Å². The fraction of sp³-hybridized carbons (Fsp3) is 0.389. The second kappa shape index (κ2) is 5.16. The van der Waals surface area contributed by atoms with Gasteiger partial charge in [-0.05, 0) is 59.9 Å². The standard InChI is InChI=1S/C16H15N.C2H6/c1-2-13(11-6-8-17-9-7-11)15-5-4-12-10-16(12)14(15)3-1;1-2/h2,4-9,12,16H,1,3,10H2;1-2H3. The molecule has 0 radical (unpaired) electrons. The van der Waals surface area contributed by atoms with Gasteiger partial charge < -0.3 is 0 Å². The summed E-state index contributed by atoms with van der Waals surface area (Å²) in [5, 5.41) is 0. The van der Waals surface area contributed by atoms with Crippen molar-refractivity contribution in [1.82, 2.24) is 4.98 Å². The van der Waals surface area contributed by atoms with Crippen LogP contribution in [0, 0.1) is 11.8 Å². The fourth-order valence-corrected chi connectivity index (χ4v) is 3.22. The summed E-state index contributed by atoms with van der Waals surface area (Å²) >= 11 is 0. The van der Waals surface area contributed by atoms with E-state index in [4.69, 9.17) is 0 Å². The van der Waals surface area contributed by atoms with Crippen LogP contribution in [0.25, 0.3) is 5.57 Å². The third-order valence-corrected chi connectivity index (χ3v) is 4.19. The van der Waals surface area contributed by atoms with Crippen LogP contribution in [0.3, 0.4) is 0 Å². The molecule has 3 aliphatic carbocycles. The van der Waals surface area contributed by atoms with E-state index < -0.39 is 0 Å². The SMILES string of the molecule is C1=CC2CC2C2=C1C(c1ccncc1)=CCC2.CC. The number of aromatic nitrogens is 1. The van der Waals surface area contributed by atoms with Gasteiger partial charge in [-0.15, -0.1) is 0 Å². The number of rotatable bonds is 1. The topological polar surface area (TPSA) is 12.9 Å².